The van der Waals surface area contributed by atoms with Gasteiger partial charge in [0.2, 0.25) is 0 Å². The Kier molecular flexibility index (Phi) is 4.06. The summed E-state index contributed by atoms with van der Waals surface area (Å²) in [6.45, 7) is 2.75. The molecule has 1 heterocycles. The number of nitrogens with two attached hydrogens (primary N) is 1. The van der Waals surface area contributed by atoms with Crippen LogP contribution < -0.4 is 5.73 Å². The third-order valence-corrected chi connectivity index (χ3v) is 2.76. The lowest BCUT2D eigenvalue weighted by molar-refractivity contribution is 0.126. The van der Waals surface area contributed by atoms with E-state index in [1.54, 1.807) is 12.1 Å². The molecule has 0 aliphatic heterocycles. The van der Waals surface area contributed by atoms with Crippen molar-refractivity contribution in [1.29, 1.82) is 0 Å². The monoisotopic (exact) mass is 287 g/mol. The van der Waals surface area contributed by atoms with Gasteiger partial charge in [-0.2, -0.15) is 4.98 Å². The van der Waals surface area contributed by atoms with Crippen molar-refractivity contribution >= 4 is 28.9 Å². The fourth-order valence-electron chi connectivity index (χ4n) is 1.38. The Bertz CT molecular complexity index is 557. The molecule has 1 aromatic carbocycles. The van der Waals surface area contributed by atoms with Crippen molar-refractivity contribution < 1.29 is 9.26 Å². The Hall–Kier alpha value is -1.30. The van der Waals surface area contributed by atoms with Gasteiger partial charge in [-0.15, -0.1) is 0 Å². The van der Waals surface area contributed by atoms with E-state index in [0.29, 0.717) is 33.7 Å². The number of aromatic nitrogens is 2. The van der Waals surface area contributed by atoms with Crippen molar-refractivity contribution in [3.63, 3.8) is 0 Å². The second-order valence-electron chi connectivity index (χ2n) is 3.50. The van der Waals surface area contributed by atoms with Crippen molar-refractivity contribution in [2.75, 3.05) is 12.3 Å². The molecule has 0 amide bonds. The lowest BCUT2D eigenvalue weighted by Crippen LogP contribution is -1.95. The minimum Gasteiger partial charge on any atom is -0.397 e. The van der Waals surface area contributed by atoms with Crippen molar-refractivity contribution in [1.82, 2.24) is 10.1 Å². The highest BCUT2D eigenvalue weighted by Crippen LogP contribution is 2.33. The topological polar surface area (TPSA) is 74.2 Å². The van der Waals surface area contributed by atoms with E-state index in [-0.39, 0.29) is 12.5 Å². The number of hydrogen-bond acceptors (Lipinski definition) is 5. The minimum absolute atomic E-state index is 0.270. The van der Waals surface area contributed by atoms with Crippen molar-refractivity contribution in [2.24, 2.45) is 0 Å². The highest BCUT2D eigenvalue weighted by Gasteiger charge is 2.14. The van der Waals surface area contributed by atoms with Crippen molar-refractivity contribution in [3.05, 3.63) is 28.0 Å². The largest absolute Gasteiger partial charge is 0.397 e. The van der Waals surface area contributed by atoms with Crippen molar-refractivity contribution in [2.45, 2.75) is 13.5 Å². The highest BCUT2D eigenvalue weighted by atomic mass is 35.5. The standard InChI is InChI=1S/C11H11Cl2N3O2/c1-2-17-5-9-15-11(18-16-9)7-3-6(12)4-8(13)10(7)14/h3-4H,2,5,14H2,1H3. The summed E-state index contributed by atoms with van der Waals surface area (Å²) < 4.78 is 10.3. The first kappa shape index (κ1) is 13.1. The van der Waals surface area contributed by atoms with Gasteiger partial charge in [0.05, 0.1) is 16.3 Å². The number of rotatable bonds is 4. The van der Waals surface area contributed by atoms with Crippen LogP contribution in [0.2, 0.25) is 10.0 Å². The first-order valence-electron chi connectivity index (χ1n) is 5.27. The van der Waals surface area contributed by atoms with Gasteiger partial charge in [0.1, 0.15) is 6.61 Å². The zero-order chi connectivity index (χ0) is 13.1. The van der Waals surface area contributed by atoms with E-state index in [0.717, 1.165) is 0 Å². The summed E-state index contributed by atoms with van der Waals surface area (Å²) >= 11 is 11.8. The zero-order valence-corrected chi connectivity index (χ0v) is 11.1. The number of ether oxygens (including phenoxy) is 1. The smallest absolute Gasteiger partial charge is 0.260 e. The number of nitrogens with zero attached hydrogens (tertiary/aromatic N) is 2. The van der Waals surface area contributed by atoms with Gasteiger partial charge >= 0.3 is 0 Å². The molecule has 0 aliphatic carbocycles. The predicted octanol–water partition coefficient (Wildman–Crippen LogP) is 3.16. The molecule has 0 radical (unpaired) electrons. The van der Waals surface area contributed by atoms with Gasteiger partial charge in [0, 0.05) is 11.6 Å². The molecule has 0 saturated carbocycles. The lowest BCUT2D eigenvalue weighted by atomic mass is 10.2. The summed E-state index contributed by atoms with van der Waals surface area (Å²) in [6, 6.07) is 3.18. The molecule has 2 aromatic rings. The first-order chi connectivity index (χ1) is 8.61. The summed E-state index contributed by atoms with van der Waals surface area (Å²) in [4.78, 5) is 4.16. The number of halogens is 2. The van der Waals surface area contributed by atoms with Crippen LogP contribution in [0.25, 0.3) is 11.5 Å². The number of nitrogen functional groups attached to an aromatic ring is 1. The molecule has 2 rings (SSSR count). The molecule has 0 aliphatic rings. The molecule has 0 saturated heterocycles. The summed E-state index contributed by atoms with van der Waals surface area (Å²) in [5.74, 6) is 0.717. The first-order valence-corrected chi connectivity index (χ1v) is 6.02. The van der Waals surface area contributed by atoms with Gasteiger partial charge in [0.15, 0.2) is 5.82 Å². The molecule has 18 heavy (non-hydrogen) atoms. The average Bonchev–Trinajstić information content (AvgIpc) is 2.79. The fourth-order valence-corrected chi connectivity index (χ4v) is 1.87. The summed E-state index contributed by atoms with van der Waals surface area (Å²) in [7, 11) is 0. The average molecular weight is 288 g/mol. The van der Waals surface area contributed by atoms with Crippen LogP contribution in [0, 0.1) is 0 Å². The summed E-state index contributed by atoms with van der Waals surface area (Å²) in [5.41, 5.74) is 6.71. The molecular formula is C11H11Cl2N3O2. The van der Waals surface area contributed by atoms with Gasteiger partial charge in [-0.05, 0) is 19.1 Å². The Labute approximate surface area is 114 Å². The Balaban J connectivity index is 2.34. The molecule has 1 aromatic heterocycles. The Morgan fingerprint density at radius 1 is 1.39 bits per heavy atom. The van der Waals surface area contributed by atoms with Crippen LogP contribution in [0.4, 0.5) is 5.69 Å². The molecule has 96 valence electrons. The van der Waals surface area contributed by atoms with E-state index in [1.807, 2.05) is 6.92 Å². The van der Waals surface area contributed by atoms with Crippen LogP contribution >= 0.6 is 23.2 Å². The third kappa shape index (κ3) is 2.75. The maximum atomic E-state index is 5.94. The molecule has 0 spiro atoms. The molecule has 0 unspecified atom stereocenters. The van der Waals surface area contributed by atoms with Gasteiger partial charge in [0.25, 0.3) is 5.89 Å². The van der Waals surface area contributed by atoms with E-state index < -0.39 is 0 Å². The normalized spacial score (nSPS) is 10.8. The van der Waals surface area contributed by atoms with E-state index in [4.69, 9.17) is 38.2 Å². The van der Waals surface area contributed by atoms with Crippen LogP contribution in [0.15, 0.2) is 16.7 Å². The minimum atomic E-state index is 0.270. The molecule has 7 heteroatoms. The summed E-state index contributed by atoms with van der Waals surface area (Å²) in [6.07, 6.45) is 0. The maximum absolute atomic E-state index is 5.94. The molecular weight excluding hydrogens is 277 g/mol. The van der Waals surface area contributed by atoms with Gasteiger partial charge < -0.3 is 15.0 Å². The van der Waals surface area contributed by atoms with E-state index in [2.05, 4.69) is 10.1 Å². The molecule has 2 N–H and O–H groups in total. The van der Waals surface area contributed by atoms with Crippen molar-refractivity contribution in [3.8, 4) is 11.5 Å². The molecule has 0 atom stereocenters. The predicted molar refractivity (Wildman–Crippen MR) is 69.5 cm³/mol. The molecule has 0 fully saturated rings. The highest BCUT2D eigenvalue weighted by molar-refractivity contribution is 6.37. The molecule has 0 bridgehead atoms. The number of benzene rings is 1. The second-order valence-corrected chi connectivity index (χ2v) is 4.35. The lowest BCUT2D eigenvalue weighted by Gasteiger charge is -2.03. The van der Waals surface area contributed by atoms with Gasteiger partial charge in [-0.25, -0.2) is 0 Å². The van der Waals surface area contributed by atoms with E-state index in [9.17, 15) is 0 Å². The van der Waals surface area contributed by atoms with E-state index >= 15 is 0 Å². The second kappa shape index (κ2) is 5.56. The molecule has 5 nitrogen and oxygen atoms in total. The van der Waals surface area contributed by atoms with E-state index in [1.165, 1.54) is 0 Å². The van der Waals surface area contributed by atoms with Gasteiger partial charge in [-0.1, -0.05) is 28.4 Å². The number of anilines is 1. The van der Waals surface area contributed by atoms with Crippen LogP contribution in [0.1, 0.15) is 12.7 Å². The van der Waals surface area contributed by atoms with Gasteiger partial charge in [-0.3, -0.25) is 0 Å². The third-order valence-electron chi connectivity index (χ3n) is 2.23. The Morgan fingerprint density at radius 2 is 2.17 bits per heavy atom. The SMILES string of the molecule is CCOCc1noc(-c2cc(Cl)cc(Cl)c2N)n1. The van der Waals surface area contributed by atoms with Crippen LogP contribution in [-0.4, -0.2) is 16.7 Å². The van der Waals surface area contributed by atoms with Crippen LogP contribution in [0.5, 0.6) is 0 Å². The van der Waals surface area contributed by atoms with Crippen LogP contribution in [-0.2, 0) is 11.3 Å². The zero-order valence-electron chi connectivity index (χ0n) is 9.61. The fraction of sp³-hybridized carbons (Fsp3) is 0.273. The Morgan fingerprint density at radius 3 is 2.89 bits per heavy atom. The maximum Gasteiger partial charge on any atom is 0.260 e. The number of hydrogen-bond donors (Lipinski definition) is 1. The quantitative estimate of drug-likeness (QED) is 0.875. The summed E-state index contributed by atoms with van der Waals surface area (Å²) in [5, 5.41) is 4.58. The van der Waals surface area contributed by atoms with Crippen LogP contribution in [0.3, 0.4) is 0 Å².